The highest BCUT2D eigenvalue weighted by Gasteiger charge is 2.18. The quantitative estimate of drug-likeness (QED) is 0.388. The molecule has 0 aliphatic carbocycles. The van der Waals surface area contributed by atoms with Crippen LogP contribution in [0, 0.1) is 0 Å². The van der Waals surface area contributed by atoms with Crippen molar-refractivity contribution in [3.05, 3.63) is 83.1 Å². The number of aromatic amines is 1. The topological polar surface area (TPSA) is 83.8 Å². The number of hydrogen-bond donors (Lipinski definition) is 2. The molecule has 0 radical (unpaired) electrons. The van der Waals surface area contributed by atoms with Gasteiger partial charge in [0.05, 0.1) is 12.5 Å². The van der Waals surface area contributed by atoms with Crippen LogP contribution in [0.5, 0.6) is 0 Å². The fourth-order valence-electron chi connectivity index (χ4n) is 3.66. The Bertz CT molecular complexity index is 1390. The number of benzene rings is 3. The standard InChI is InChI=1S/C24H19ClN4O2/c1-14(16-7-9-18-19-12-17(25)8-10-20(19)27-21(18)11-16)23(30)26-13-22-28-24(31-29-22)15-5-3-2-4-6-15/h2-12,14,27H,13H2,1H3,(H,26,30). The van der Waals surface area contributed by atoms with Crippen LogP contribution in [0.3, 0.4) is 0 Å². The summed E-state index contributed by atoms with van der Waals surface area (Å²) in [6.07, 6.45) is 0. The van der Waals surface area contributed by atoms with E-state index in [2.05, 4.69) is 20.4 Å². The van der Waals surface area contributed by atoms with E-state index in [1.165, 1.54) is 0 Å². The average molecular weight is 431 g/mol. The molecule has 31 heavy (non-hydrogen) atoms. The van der Waals surface area contributed by atoms with Gasteiger partial charge in [-0.25, -0.2) is 0 Å². The van der Waals surface area contributed by atoms with E-state index in [-0.39, 0.29) is 18.4 Å². The molecule has 0 saturated heterocycles. The first-order chi connectivity index (χ1) is 15.1. The van der Waals surface area contributed by atoms with Crippen molar-refractivity contribution < 1.29 is 9.32 Å². The third-order valence-electron chi connectivity index (χ3n) is 5.39. The summed E-state index contributed by atoms with van der Waals surface area (Å²) in [5.74, 6) is 0.425. The van der Waals surface area contributed by atoms with E-state index in [1.807, 2.05) is 73.7 Å². The van der Waals surface area contributed by atoms with Crippen LogP contribution in [0.1, 0.15) is 24.2 Å². The van der Waals surface area contributed by atoms with Gasteiger partial charge < -0.3 is 14.8 Å². The van der Waals surface area contributed by atoms with Crippen LogP contribution in [-0.4, -0.2) is 21.0 Å². The second-order valence-electron chi connectivity index (χ2n) is 7.44. The second kappa shape index (κ2) is 7.89. The second-order valence-corrected chi connectivity index (χ2v) is 7.88. The number of amides is 1. The number of nitrogens with one attached hydrogen (secondary N) is 2. The van der Waals surface area contributed by atoms with Crippen LogP contribution >= 0.6 is 11.6 Å². The van der Waals surface area contributed by atoms with Crippen LogP contribution in [0.4, 0.5) is 0 Å². The molecule has 7 heteroatoms. The molecule has 0 saturated carbocycles. The van der Waals surface area contributed by atoms with E-state index in [4.69, 9.17) is 16.1 Å². The number of hydrogen-bond acceptors (Lipinski definition) is 4. The zero-order valence-electron chi connectivity index (χ0n) is 16.7. The van der Waals surface area contributed by atoms with Crippen molar-refractivity contribution in [3.8, 4) is 11.5 Å². The van der Waals surface area contributed by atoms with Crippen LogP contribution in [0.25, 0.3) is 33.3 Å². The van der Waals surface area contributed by atoms with E-state index >= 15 is 0 Å². The summed E-state index contributed by atoms with van der Waals surface area (Å²) in [5, 5.41) is 9.69. The van der Waals surface area contributed by atoms with E-state index in [1.54, 1.807) is 0 Å². The van der Waals surface area contributed by atoms with Crippen molar-refractivity contribution in [2.75, 3.05) is 0 Å². The Hall–Kier alpha value is -3.64. The summed E-state index contributed by atoms with van der Waals surface area (Å²) in [7, 11) is 0. The Balaban J connectivity index is 1.30. The molecule has 6 nitrogen and oxygen atoms in total. The monoisotopic (exact) mass is 430 g/mol. The SMILES string of the molecule is CC(C(=O)NCc1noc(-c2ccccc2)n1)c1ccc2c(c1)[nH]c1ccc(Cl)cc12. The van der Waals surface area contributed by atoms with Gasteiger partial charge in [-0.3, -0.25) is 4.79 Å². The lowest BCUT2D eigenvalue weighted by Gasteiger charge is -2.11. The lowest BCUT2D eigenvalue weighted by Crippen LogP contribution is -2.28. The Kier molecular flexibility index (Phi) is 4.92. The van der Waals surface area contributed by atoms with Crippen LogP contribution in [-0.2, 0) is 11.3 Å². The number of carbonyl (C=O) groups excluding carboxylic acids is 1. The van der Waals surface area contributed by atoms with Crippen molar-refractivity contribution in [1.82, 2.24) is 20.4 Å². The van der Waals surface area contributed by atoms with Gasteiger partial charge in [-0.15, -0.1) is 0 Å². The highest BCUT2D eigenvalue weighted by Crippen LogP contribution is 2.30. The minimum atomic E-state index is -0.333. The minimum Gasteiger partial charge on any atom is -0.355 e. The fourth-order valence-corrected chi connectivity index (χ4v) is 3.83. The normalized spacial score (nSPS) is 12.3. The number of nitrogens with zero attached hydrogens (tertiary/aromatic N) is 2. The number of rotatable bonds is 5. The molecule has 2 aromatic heterocycles. The smallest absolute Gasteiger partial charge is 0.257 e. The molecule has 5 rings (SSSR count). The zero-order valence-corrected chi connectivity index (χ0v) is 17.5. The molecule has 0 aliphatic rings. The molecule has 1 atom stereocenters. The van der Waals surface area contributed by atoms with E-state index < -0.39 is 0 Å². The Morgan fingerprint density at radius 3 is 2.74 bits per heavy atom. The van der Waals surface area contributed by atoms with E-state index in [9.17, 15) is 4.79 Å². The number of carbonyl (C=O) groups is 1. The van der Waals surface area contributed by atoms with Gasteiger partial charge in [-0.1, -0.05) is 47.1 Å². The number of halogens is 1. The zero-order chi connectivity index (χ0) is 21.4. The molecule has 1 amide bonds. The van der Waals surface area contributed by atoms with Gasteiger partial charge in [0.2, 0.25) is 5.91 Å². The highest BCUT2D eigenvalue weighted by molar-refractivity contribution is 6.31. The third-order valence-corrected chi connectivity index (χ3v) is 5.62. The summed E-state index contributed by atoms with van der Waals surface area (Å²) in [6, 6.07) is 21.3. The largest absolute Gasteiger partial charge is 0.355 e. The molecule has 1 unspecified atom stereocenters. The third kappa shape index (κ3) is 3.78. The molecule has 0 aliphatic heterocycles. The molecule has 5 aromatic rings. The van der Waals surface area contributed by atoms with Gasteiger partial charge >= 0.3 is 0 Å². The minimum absolute atomic E-state index is 0.107. The molecular formula is C24H19ClN4O2. The highest BCUT2D eigenvalue weighted by atomic mass is 35.5. The maximum Gasteiger partial charge on any atom is 0.257 e. The fraction of sp³-hybridized carbons (Fsp3) is 0.125. The van der Waals surface area contributed by atoms with Crippen molar-refractivity contribution in [2.24, 2.45) is 0 Å². The Morgan fingerprint density at radius 2 is 1.90 bits per heavy atom. The molecule has 2 N–H and O–H groups in total. The van der Waals surface area contributed by atoms with Crippen molar-refractivity contribution in [3.63, 3.8) is 0 Å². The van der Waals surface area contributed by atoms with Crippen molar-refractivity contribution in [2.45, 2.75) is 19.4 Å². The molecule has 0 fully saturated rings. The van der Waals surface area contributed by atoms with Crippen molar-refractivity contribution in [1.29, 1.82) is 0 Å². The molecule has 0 spiro atoms. The molecule has 2 heterocycles. The predicted molar refractivity (Wildman–Crippen MR) is 121 cm³/mol. The maximum absolute atomic E-state index is 12.7. The molecule has 0 bridgehead atoms. The van der Waals surface area contributed by atoms with E-state index in [0.29, 0.717) is 16.7 Å². The van der Waals surface area contributed by atoms with Gasteiger partial charge in [0.25, 0.3) is 5.89 Å². The summed E-state index contributed by atoms with van der Waals surface area (Å²) in [6.45, 7) is 2.08. The van der Waals surface area contributed by atoms with E-state index in [0.717, 1.165) is 32.9 Å². The van der Waals surface area contributed by atoms with Gasteiger partial charge in [0, 0.05) is 32.4 Å². The first kappa shape index (κ1) is 19.3. The molecular weight excluding hydrogens is 412 g/mol. The lowest BCUT2D eigenvalue weighted by atomic mass is 9.98. The predicted octanol–water partition coefficient (Wildman–Crippen LogP) is 5.44. The van der Waals surface area contributed by atoms with Gasteiger partial charge in [-0.2, -0.15) is 4.98 Å². The first-order valence-electron chi connectivity index (χ1n) is 9.95. The number of fused-ring (bicyclic) bond motifs is 3. The van der Waals surface area contributed by atoms with Crippen LogP contribution < -0.4 is 5.32 Å². The Labute approximate surface area is 183 Å². The summed E-state index contributed by atoms with van der Waals surface area (Å²) in [4.78, 5) is 20.5. The summed E-state index contributed by atoms with van der Waals surface area (Å²) in [5.41, 5.74) is 3.75. The van der Waals surface area contributed by atoms with Crippen molar-refractivity contribution >= 4 is 39.3 Å². The maximum atomic E-state index is 12.7. The van der Waals surface area contributed by atoms with Gasteiger partial charge in [-0.05, 0) is 48.9 Å². The molecule has 154 valence electrons. The van der Waals surface area contributed by atoms with Gasteiger partial charge in [0.15, 0.2) is 5.82 Å². The van der Waals surface area contributed by atoms with Crippen LogP contribution in [0.2, 0.25) is 5.02 Å². The van der Waals surface area contributed by atoms with Gasteiger partial charge in [0.1, 0.15) is 0 Å². The number of H-pyrrole nitrogens is 1. The Morgan fingerprint density at radius 1 is 1.06 bits per heavy atom. The summed E-state index contributed by atoms with van der Waals surface area (Å²) >= 11 is 6.14. The van der Waals surface area contributed by atoms with Crippen LogP contribution in [0.15, 0.2) is 71.3 Å². The molecule has 3 aromatic carbocycles. The average Bonchev–Trinajstić information content (AvgIpc) is 3.41. The summed E-state index contributed by atoms with van der Waals surface area (Å²) < 4.78 is 5.29. The number of aromatic nitrogens is 3. The lowest BCUT2D eigenvalue weighted by molar-refractivity contribution is -0.122. The first-order valence-corrected chi connectivity index (χ1v) is 10.3.